The van der Waals surface area contributed by atoms with Gasteiger partial charge in [-0.25, -0.2) is 4.79 Å². The predicted octanol–water partition coefficient (Wildman–Crippen LogP) is 1.38. The monoisotopic (exact) mass is 282 g/mol. The van der Waals surface area contributed by atoms with Gasteiger partial charge in [0.15, 0.2) is 6.61 Å². The van der Waals surface area contributed by atoms with Crippen molar-refractivity contribution >= 4 is 13.6 Å². The van der Waals surface area contributed by atoms with E-state index in [1.165, 1.54) is 0 Å². The Labute approximate surface area is 100.0 Å². The summed E-state index contributed by atoms with van der Waals surface area (Å²) < 4.78 is 41.7. The Bertz CT molecular complexity index is 480. The third-order valence-electron chi connectivity index (χ3n) is 1.93. The van der Waals surface area contributed by atoms with E-state index in [4.69, 9.17) is 14.9 Å². The zero-order valence-electron chi connectivity index (χ0n) is 8.79. The minimum absolute atomic E-state index is 0.00246. The lowest BCUT2D eigenvalue weighted by Gasteiger charge is -2.17. The molecule has 0 aliphatic heterocycles. The zero-order chi connectivity index (χ0) is 14.0. The number of benzene rings is 1. The molecule has 1 rings (SSSR count). The molecule has 0 fully saturated rings. The molecule has 0 saturated carbocycles. The van der Waals surface area contributed by atoms with Crippen LogP contribution in [0.15, 0.2) is 24.3 Å². The van der Waals surface area contributed by atoms with Crippen LogP contribution in [-0.4, -0.2) is 27.5 Å². The van der Waals surface area contributed by atoms with Crippen molar-refractivity contribution in [2.24, 2.45) is 0 Å². The minimum atomic E-state index is -5.60. The summed E-state index contributed by atoms with van der Waals surface area (Å²) in [7, 11) is -5.60. The Hall–Kier alpha value is -1.50. The minimum Gasteiger partial charge on any atom is -0.482 e. The van der Waals surface area contributed by atoms with Crippen LogP contribution in [0.1, 0.15) is 5.56 Å². The Balaban J connectivity index is 2.89. The number of carboxylic acids is 1. The summed E-state index contributed by atoms with van der Waals surface area (Å²) in [6.07, 6.45) is 0. The number of halogens is 2. The highest BCUT2D eigenvalue weighted by atomic mass is 31.2. The molecule has 0 saturated heterocycles. The predicted molar refractivity (Wildman–Crippen MR) is 55.5 cm³/mol. The Morgan fingerprint density at radius 3 is 2.17 bits per heavy atom. The Morgan fingerprint density at radius 2 is 1.78 bits per heavy atom. The number of hydrogen-bond donors (Lipinski definition) is 3. The summed E-state index contributed by atoms with van der Waals surface area (Å²) in [4.78, 5) is 27.2. The second-order valence-corrected chi connectivity index (χ2v) is 4.94. The van der Waals surface area contributed by atoms with Crippen LogP contribution < -0.4 is 4.74 Å². The second-order valence-electron chi connectivity index (χ2n) is 3.29. The van der Waals surface area contributed by atoms with Crippen LogP contribution in [0.4, 0.5) is 8.78 Å². The van der Waals surface area contributed by atoms with Gasteiger partial charge in [-0.15, -0.1) is 0 Å². The maximum atomic E-state index is 13.2. The summed E-state index contributed by atoms with van der Waals surface area (Å²) in [6.45, 7) is -0.645. The number of carbonyl (C=O) groups is 1. The quantitative estimate of drug-likeness (QED) is 0.705. The molecule has 18 heavy (non-hydrogen) atoms. The van der Waals surface area contributed by atoms with Crippen LogP contribution in [0, 0.1) is 0 Å². The van der Waals surface area contributed by atoms with Gasteiger partial charge in [-0.1, -0.05) is 0 Å². The number of hydrogen-bond acceptors (Lipinski definition) is 3. The zero-order valence-corrected chi connectivity index (χ0v) is 9.68. The van der Waals surface area contributed by atoms with Gasteiger partial charge in [-0.2, -0.15) is 8.78 Å². The number of rotatable bonds is 5. The largest absolute Gasteiger partial charge is 0.482 e. The fourth-order valence-electron chi connectivity index (χ4n) is 1.06. The molecule has 0 aliphatic carbocycles. The molecule has 0 aliphatic rings. The molecule has 0 heterocycles. The molecule has 100 valence electrons. The van der Waals surface area contributed by atoms with E-state index >= 15 is 0 Å². The maximum absolute atomic E-state index is 13.2. The van der Waals surface area contributed by atoms with Crippen molar-refractivity contribution in [2.45, 2.75) is 5.66 Å². The van der Waals surface area contributed by atoms with E-state index in [0.717, 1.165) is 24.3 Å². The van der Waals surface area contributed by atoms with Crippen LogP contribution in [0.2, 0.25) is 0 Å². The molecule has 0 unspecified atom stereocenters. The van der Waals surface area contributed by atoms with E-state index in [1.807, 2.05) is 0 Å². The second kappa shape index (κ2) is 5.01. The topological polar surface area (TPSA) is 104 Å². The average molecular weight is 282 g/mol. The van der Waals surface area contributed by atoms with Crippen LogP contribution in [0.25, 0.3) is 0 Å². The molecule has 1 aromatic carbocycles. The van der Waals surface area contributed by atoms with Gasteiger partial charge in [0.05, 0.1) is 0 Å². The molecule has 0 amide bonds. The first kappa shape index (κ1) is 14.6. The smallest absolute Gasteiger partial charge is 0.399 e. The third kappa shape index (κ3) is 3.25. The van der Waals surface area contributed by atoms with Gasteiger partial charge >= 0.3 is 19.2 Å². The lowest BCUT2D eigenvalue weighted by atomic mass is 10.2. The first-order valence-corrected chi connectivity index (χ1v) is 6.14. The van der Waals surface area contributed by atoms with Crippen molar-refractivity contribution in [1.82, 2.24) is 0 Å². The van der Waals surface area contributed by atoms with E-state index < -0.39 is 31.4 Å². The fourth-order valence-corrected chi connectivity index (χ4v) is 1.55. The highest BCUT2D eigenvalue weighted by Crippen LogP contribution is 2.59. The van der Waals surface area contributed by atoms with Gasteiger partial charge < -0.3 is 19.6 Å². The van der Waals surface area contributed by atoms with Crippen LogP contribution in [-0.2, 0) is 15.0 Å². The average Bonchev–Trinajstić information content (AvgIpc) is 2.25. The number of ether oxygens (including phenoxy) is 1. The van der Waals surface area contributed by atoms with Crippen LogP contribution >= 0.6 is 7.60 Å². The molecule has 0 atom stereocenters. The molecule has 6 nitrogen and oxygen atoms in total. The Kier molecular flexibility index (Phi) is 4.05. The van der Waals surface area contributed by atoms with Gasteiger partial charge in [0.1, 0.15) is 5.75 Å². The van der Waals surface area contributed by atoms with Crippen LogP contribution in [0.3, 0.4) is 0 Å². The molecule has 0 radical (unpaired) electrons. The van der Waals surface area contributed by atoms with Crippen molar-refractivity contribution < 1.29 is 37.8 Å². The maximum Gasteiger partial charge on any atom is 0.399 e. The summed E-state index contributed by atoms with van der Waals surface area (Å²) >= 11 is 0. The standard InChI is InChI=1S/C9H9F2O6P/c10-9(11,18(14,15)16)6-1-3-7(4-2-6)17-5-8(12)13/h1-4H,5H2,(H,12,13)(H2,14,15,16). The number of aliphatic carboxylic acids is 1. The van der Waals surface area contributed by atoms with Gasteiger partial charge in [0, 0.05) is 5.56 Å². The van der Waals surface area contributed by atoms with Crippen molar-refractivity contribution in [3.8, 4) is 5.75 Å². The number of alkyl halides is 2. The van der Waals surface area contributed by atoms with Crippen molar-refractivity contribution in [3.05, 3.63) is 29.8 Å². The van der Waals surface area contributed by atoms with Crippen LogP contribution in [0.5, 0.6) is 5.75 Å². The van der Waals surface area contributed by atoms with E-state index in [2.05, 4.69) is 4.74 Å². The molecule has 0 spiro atoms. The van der Waals surface area contributed by atoms with Crippen molar-refractivity contribution in [2.75, 3.05) is 6.61 Å². The lowest BCUT2D eigenvalue weighted by Crippen LogP contribution is -2.14. The van der Waals surface area contributed by atoms with Crippen molar-refractivity contribution in [3.63, 3.8) is 0 Å². The van der Waals surface area contributed by atoms with E-state index in [1.54, 1.807) is 0 Å². The fraction of sp³-hybridized carbons (Fsp3) is 0.222. The molecule has 9 heteroatoms. The van der Waals surface area contributed by atoms with E-state index in [-0.39, 0.29) is 5.75 Å². The lowest BCUT2D eigenvalue weighted by molar-refractivity contribution is -0.139. The highest BCUT2D eigenvalue weighted by molar-refractivity contribution is 7.52. The first-order chi connectivity index (χ1) is 8.14. The summed E-state index contributed by atoms with van der Waals surface area (Å²) in [5, 5.41) is 8.32. The van der Waals surface area contributed by atoms with Gasteiger partial charge in [-0.3, -0.25) is 4.57 Å². The normalized spacial score (nSPS) is 12.2. The summed E-state index contributed by atoms with van der Waals surface area (Å²) in [5.41, 5.74) is -5.17. The van der Waals surface area contributed by atoms with Crippen molar-refractivity contribution in [1.29, 1.82) is 0 Å². The SMILES string of the molecule is O=C(O)COc1ccc(C(F)(F)P(=O)(O)O)cc1. The molecule has 0 aromatic heterocycles. The molecule has 0 bridgehead atoms. The number of carboxylic acid groups (broad SMARTS) is 1. The molecule has 3 N–H and O–H groups in total. The Morgan fingerprint density at radius 1 is 1.28 bits per heavy atom. The summed E-state index contributed by atoms with van der Waals surface area (Å²) in [6, 6.07) is 3.52. The van der Waals surface area contributed by atoms with Gasteiger partial charge in [0.25, 0.3) is 0 Å². The van der Waals surface area contributed by atoms with E-state index in [0.29, 0.717) is 0 Å². The third-order valence-corrected chi connectivity index (χ3v) is 2.92. The summed E-state index contributed by atoms with van der Waals surface area (Å²) in [5.74, 6) is -1.23. The first-order valence-electron chi connectivity index (χ1n) is 4.53. The molecular formula is C9H9F2O6P. The van der Waals surface area contributed by atoms with Gasteiger partial charge in [0.2, 0.25) is 0 Å². The van der Waals surface area contributed by atoms with E-state index in [9.17, 15) is 18.1 Å². The van der Waals surface area contributed by atoms with Gasteiger partial charge in [-0.05, 0) is 24.3 Å². The highest BCUT2D eigenvalue weighted by Gasteiger charge is 2.50. The molecule has 1 aromatic rings. The molecular weight excluding hydrogens is 273 g/mol.